The van der Waals surface area contributed by atoms with Crippen LogP contribution in [0.15, 0.2) is 24.3 Å². The summed E-state index contributed by atoms with van der Waals surface area (Å²) < 4.78 is 5.69. The van der Waals surface area contributed by atoms with Crippen LogP contribution in [-0.4, -0.2) is 47.8 Å². The average Bonchev–Trinajstić information content (AvgIpc) is 3.03. The molecule has 0 aromatic heterocycles. The number of anilines is 1. The van der Waals surface area contributed by atoms with Gasteiger partial charge in [0.15, 0.2) is 0 Å². The minimum atomic E-state index is -0.473. The molecular weight excluding hydrogens is 304 g/mol. The zero-order valence-corrected chi connectivity index (χ0v) is 14.4. The van der Waals surface area contributed by atoms with E-state index < -0.39 is 6.10 Å². The van der Waals surface area contributed by atoms with Crippen molar-refractivity contribution in [1.82, 2.24) is 4.90 Å². The molecule has 1 saturated heterocycles. The number of aliphatic hydroxyl groups excluding tert-OH is 1. The van der Waals surface area contributed by atoms with Gasteiger partial charge in [-0.15, -0.1) is 0 Å². The lowest BCUT2D eigenvalue weighted by atomic mass is 9.92. The molecule has 2 aliphatic rings. The lowest BCUT2D eigenvalue weighted by Crippen LogP contribution is -2.47. The number of amides is 1. The van der Waals surface area contributed by atoms with Gasteiger partial charge in [0.1, 0.15) is 18.5 Å². The zero-order valence-electron chi connectivity index (χ0n) is 14.4. The number of benzene rings is 1. The highest BCUT2D eigenvalue weighted by Gasteiger charge is 2.35. The van der Waals surface area contributed by atoms with Crippen molar-refractivity contribution in [2.24, 2.45) is 5.92 Å². The molecule has 1 aliphatic carbocycles. The molecule has 0 spiro atoms. The molecule has 3 atom stereocenters. The summed E-state index contributed by atoms with van der Waals surface area (Å²) in [6, 6.07) is 7.90. The fourth-order valence-electron chi connectivity index (χ4n) is 4.14. The Morgan fingerprint density at radius 1 is 1.29 bits per heavy atom. The third-order valence-electron chi connectivity index (χ3n) is 5.17. The van der Waals surface area contributed by atoms with E-state index in [2.05, 4.69) is 10.2 Å². The number of fused-ring (bicyclic) bond motifs is 1. The first-order valence-corrected chi connectivity index (χ1v) is 9.04. The van der Waals surface area contributed by atoms with E-state index in [-0.39, 0.29) is 5.91 Å². The standard InChI is InChI=1S/C19H28N2O3/c1-14(22)20-16-7-9-18(10-8-16)24-13-17(23)12-21-11-3-5-15-4-2-6-19(15)21/h7-10,15,17,19,23H,2-6,11-13H2,1H3,(H,20,22). The summed E-state index contributed by atoms with van der Waals surface area (Å²) in [5.74, 6) is 1.46. The normalized spacial score (nSPS) is 25.1. The van der Waals surface area contributed by atoms with E-state index in [0.29, 0.717) is 24.9 Å². The largest absolute Gasteiger partial charge is 0.491 e. The maximum atomic E-state index is 11.0. The van der Waals surface area contributed by atoms with Gasteiger partial charge in [-0.2, -0.15) is 0 Å². The van der Waals surface area contributed by atoms with Crippen molar-refractivity contribution in [3.8, 4) is 5.75 Å². The number of likely N-dealkylation sites (tertiary alicyclic amines) is 1. The van der Waals surface area contributed by atoms with E-state index in [1.807, 2.05) is 12.1 Å². The second kappa shape index (κ2) is 7.99. The van der Waals surface area contributed by atoms with Crippen LogP contribution in [0.3, 0.4) is 0 Å². The molecular formula is C19H28N2O3. The van der Waals surface area contributed by atoms with Gasteiger partial charge in [0.25, 0.3) is 0 Å². The molecule has 5 heteroatoms. The number of hydrogen-bond donors (Lipinski definition) is 2. The van der Waals surface area contributed by atoms with Gasteiger partial charge in [0.05, 0.1) is 0 Å². The molecule has 3 rings (SSSR count). The Labute approximate surface area is 144 Å². The minimum absolute atomic E-state index is 0.0918. The highest BCUT2D eigenvalue weighted by atomic mass is 16.5. The fraction of sp³-hybridized carbons (Fsp3) is 0.632. The first-order valence-electron chi connectivity index (χ1n) is 9.04. The molecule has 0 bridgehead atoms. The summed E-state index contributed by atoms with van der Waals surface area (Å²) >= 11 is 0. The number of aliphatic hydroxyl groups is 1. The van der Waals surface area contributed by atoms with E-state index in [1.165, 1.54) is 39.0 Å². The maximum absolute atomic E-state index is 11.0. The summed E-state index contributed by atoms with van der Waals surface area (Å²) in [6.45, 7) is 3.58. The second-order valence-corrected chi connectivity index (χ2v) is 7.07. The SMILES string of the molecule is CC(=O)Nc1ccc(OCC(O)CN2CCCC3CCCC32)cc1. The van der Waals surface area contributed by atoms with Crippen LogP contribution in [0.25, 0.3) is 0 Å². The Morgan fingerprint density at radius 2 is 2.04 bits per heavy atom. The van der Waals surface area contributed by atoms with Crippen molar-refractivity contribution in [2.45, 2.75) is 51.2 Å². The van der Waals surface area contributed by atoms with E-state index in [1.54, 1.807) is 12.1 Å². The molecule has 132 valence electrons. The fourth-order valence-corrected chi connectivity index (χ4v) is 4.14. The first-order chi connectivity index (χ1) is 11.6. The Morgan fingerprint density at radius 3 is 2.79 bits per heavy atom. The van der Waals surface area contributed by atoms with Gasteiger partial charge in [-0.1, -0.05) is 6.42 Å². The molecule has 5 nitrogen and oxygen atoms in total. The van der Waals surface area contributed by atoms with E-state index in [0.717, 1.165) is 18.2 Å². The molecule has 1 amide bonds. The van der Waals surface area contributed by atoms with Crippen LogP contribution >= 0.6 is 0 Å². The highest BCUT2D eigenvalue weighted by Crippen LogP contribution is 2.36. The number of carbonyl (C=O) groups is 1. The number of β-amino-alcohol motifs (C(OH)–C–C–N with tert-alkyl or cyclic N) is 1. The lowest BCUT2D eigenvalue weighted by Gasteiger charge is -2.38. The number of nitrogens with zero attached hydrogens (tertiary/aromatic N) is 1. The third-order valence-corrected chi connectivity index (χ3v) is 5.17. The minimum Gasteiger partial charge on any atom is -0.491 e. The number of hydrogen-bond acceptors (Lipinski definition) is 4. The lowest BCUT2D eigenvalue weighted by molar-refractivity contribution is -0.114. The highest BCUT2D eigenvalue weighted by molar-refractivity contribution is 5.88. The van der Waals surface area contributed by atoms with E-state index in [4.69, 9.17) is 4.74 Å². The number of piperidine rings is 1. The number of nitrogens with one attached hydrogen (secondary N) is 1. The molecule has 24 heavy (non-hydrogen) atoms. The van der Waals surface area contributed by atoms with Gasteiger partial charge in [0, 0.05) is 25.2 Å². The van der Waals surface area contributed by atoms with Gasteiger partial charge in [0.2, 0.25) is 5.91 Å². The van der Waals surface area contributed by atoms with Crippen molar-refractivity contribution < 1.29 is 14.6 Å². The molecule has 1 aromatic rings. The Balaban J connectivity index is 1.45. The van der Waals surface area contributed by atoms with Gasteiger partial charge < -0.3 is 15.2 Å². The third kappa shape index (κ3) is 4.48. The summed E-state index contributed by atoms with van der Waals surface area (Å²) in [7, 11) is 0. The predicted octanol–water partition coefficient (Wildman–Crippen LogP) is 2.65. The molecule has 1 aliphatic heterocycles. The summed E-state index contributed by atoms with van der Waals surface area (Å²) in [5, 5.41) is 13.1. The monoisotopic (exact) mass is 332 g/mol. The van der Waals surface area contributed by atoms with E-state index in [9.17, 15) is 9.90 Å². The van der Waals surface area contributed by atoms with Crippen molar-refractivity contribution in [1.29, 1.82) is 0 Å². The second-order valence-electron chi connectivity index (χ2n) is 7.07. The van der Waals surface area contributed by atoms with Gasteiger partial charge in [-0.3, -0.25) is 9.69 Å². The topological polar surface area (TPSA) is 61.8 Å². The molecule has 3 unspecified atom stereocenters. The van der Waals surface area contributed by atoms with Gasteiger partial charge in [-0.25, -0.2) is 0 Å². The average molecular weight is 332 g/mol. The molecule has 1 saturated carbocycles. The summed E-state index contributed by atoms with van der Waals surface area (Å²) in [5.41, 5.74) is 0.746. The number of ether oxygens (including phenoxy) is 1. The molecule has 1 heterocycles. The van der Waals surface area contributed by atoms with Crippen LogP contribution in [0.2, 0.25) is 0 Å². The Bertz CT molecular complexity index is 546. The Kier molecular flexibility index (Phi) is 5.74. The van der Waals surface area contributed by atoms with Crippen molar-refractivity contribution in [2.75, 3.05) is 25.0 Å². The zero-order chi connectivity index (χ0) is 16.9. The quantitative estimate of drug-likeness (QED) is 0.841. The van der Waals surface area contributed by atoms with Gasteiger partial charge in [-0.05, 0) is 62.4 Å². The van der Waals surface area contributed by atoms with Crippen LogP contribution in [0.5, 0.6) is 5.75 Å². The van der Waals surface area contributed by atoms with Crippen LogP contribution < -0.4 is 10.1 Å². The number of carbonyl (C=O) groups excluding carboxylic acids is 1. The predicted molar refractivity (Wildman–Crippen MR) is 94.2 cm³/mol. The van der Waals surface area contributed by atoms with Gasteiger partial charge >= 0.3 is 0 Å². The van der Waals surface area contributed by atoms with Crippen LogP contribution in [-0.2, 0) is 4.79 Å². The van der Waals surface area contributed by atoms with Crippen LogP contribution in [0.1, 0.15) is 39.0 Å². The van der Waals surface area contributed by atoms with Crippen LogP contribution in [0, 0.1) is 5.92 Å². The first kappa shape index (κ1) is 17.2. The van der Waals surface area contributed by atoms with Crippen LogP contribution in [0.4, 0.5) is 5.69 Å². The molecule has 1 aromatic carbocycles. The summed E-state index contributed by atoms with van der Waals surface area (Å²) in [4.78, 5) is 13.5. The van der Waals surface area contributed by atoms with E-state index >= 15 is 0 Å². The smallest absolute Gasteiger partial charge is 0.221 e. The summed E-state index contributed by atoms with van der Waals surface area (Å²) in [6.07, 6.45) is 6.10. The maximum Gasteiger partial charge on any atom is 0.221 e. The number of rotatable bonds is 6. The molecule has 2 fully saturated rings. The van der Waals surface area contributed by atoms with Crippen molar-refractivity contribution in [3.63, 3.8) is 0 Å². The molecule has 0 radical (unpaired) electrons. The Hall–Kier alpha value is -1.59. The molecule has 2 N–H and O–H groups in total. The van der Waals surface area contributed by atoms with Crippen molar-refractivity contribution >= 4 is 11.6 Å². The van der Waals surface area contributed by atoms with Crippen molar-refractivity contribution in [3.05, 3.63) is 24.3 Å².